The van der Waals surface area contributed by atoms with E-state index < -0.39 is 4.92 Å². The maximum absolute atomic E-state index is 13.1. The third kappa shape index (κ3) is 4.09. The minimum absolute atomic E-state index is 0.0482. The summed E-state index contributed by atoms with van der Waals surface area (Å²) < 4.78 is 10.7. The molecule has 0 spiro atoms. The van der Waals surface area contributed by atoms with Crippen LogP contribution in [0.3, 0.4) is 0 Å². The van der Waals surface area contributed by atoms with Gasteiger partial charge >= 0.3 is 0 Å². The summed E-state index contributed by atoms with van der Waals surface area (Å²) in [7, 11) is 3.02. The van der Waals surface area contributed by atoms with Crippen molar-refractivity contribution >= 4 is 28.5 Å². The van der Waals surface area contributed by atoms with E-state index in [2.05, 4.69) is 4.99 Å². The van der Waals surface area contributed by atoms with E-state index in [9.17, 15) is 14.9 Å². The number of hydrogen-bond donors (Lipinski definition) is 0. The fraction of sp³-hybridized carbons (Fsp3) is 0.263. The van der Waals surface area contributed by atoms with Crippen LogP contribution in [-0.4, -0.2) is 48.2 Å². The summed E-state index contributed by atoms with van der Waals surface area (Å²) >= 11 is 1.41. The van der Waals surface area contributed by atoms with Gasteiger partial charge < -0.3 is 9.47 Å². The van der Waals surface area contributed by atoms with Gasteiger partial charge in [0.15, 0.2) is 5.17 Å². The number of amides is 1. The zero-order valence-corrected chi connectivity index (χ0v) is 16.3. The number of carbonyl (C=O) groups excluding carboxylic acids is 1. The number of methoxy groups -OCH3 is 2. The highest BCUT2D eigenvalue weighted by Gasteiger charge is 2.29. The second kappa shape index (κ2) is 8.75. The summed E-state index contributed by atoms with van der Waals surface area (Å²) in [6.07, 6.45) is 0. The highest BCUT2D eigenvalue weighted by atomic mass is 32.2. The van der Waals surface area contributed by atoms with Gasteiger partial charge in [0.2, 0.25) is 0 Å². The van der Waals surface area contributed by atoms with Crippen molar-refractivity contribution in [2.45, 2.75) is 5.75 Å². The molecule has 0 aliphatic carbocycles. The Balaban J connectivity index is 1.74. The third-order valence-corrected chi connectivity index (χ3v) is 5.29. The number of amidine groups is 1. The van der Waals surface area contributed by atoms with Crippen LogP contribution in [0.15, 0.2) is 47.5 Å². The topological polar surface area (TPSA) is 94.3 Å². The normalized spacial score (nSPS) is 13.2. The molecule has 146 valence electrons. The molecule has 0 saturated carbocycles. The Morgan fingerprint density at radius 3 is 2.39 bits per heavy atom. The average Bonchev–Trinajstić information content (AvgIpc) is 3.20. The molecule has 0 aromatic heterocycles. The monoisotopic (exact) mass is 401 g/mol. The Bertz CT molecular complexity index is 892. The number of thioether (sulfide) groups is 1. The fourth-order valence-electron chi connectivity index (χ4n) is 2.80. The standard InChI is InChI=1S/C19H19N3O5S/c1-26-15-4-3-5-16(27-2)17(15)18(23)21-11-10-20-19(21)28-12-13-6-8-14(9-7-13)22(24)25/h3-9H,10-12H2,1-2H3. The van der Waals surface area contributed by atoms with Crippen LogP contribution in [0, 0.1) is 10.1 Å². The summed E-state index contributed by atoms with van der Waals surface area (Å²) in [5.41, 5.74) is 1.32. The number of rotatable bonds is 6. The molecule has 2 aromatic carbocycles. The maximum Gasteiger partial charge on any atom is 0.269 e. The average molecular weight is 401 g/mol. The minimum atomic E-state index is -0.432. The van der Waals surface area contributed by atoms with Crippen LogP contribution in [0.4, 0.5) is 5.69 Å². The largest absolute Gasteiger partial charge is 0.496 e. The molecule has 0 fully saturated rings. The van der Waals surface area contributed by atoms with Gasteiger partial charge in [-0.3, -0.25) is 24.8 Å². The van der Waals surface area contributed by atoms with Gasteiger partial charge in [0, 0.05) is 24.4 Å². The molecule has 0 bridgehead atoms. The van der Waals surface area contributed by atoms with Crippen LogP contribution in [-0.2, 0) is 5.75 Å². The molecular formula is C19H19N3O5S. The van der Waals surface area contributed by atoms with Crippen molar-refractivity contribution in [3.05, 3.63) is 63.7 Å². The van der Waals surface area contributed by atoms with Crippen molar-refractivity contribution in [3.8, 4) is 11.5 Å². The van der Waals surface area contributed by atoms with Crippen molar-refractivity contribution in [2.75, 3.05) is 27.3 Å². The number of nitrogens with zero attached hydrogens (tertiary/aromatic N) is 3. The number of nitro groups is 1. The zero-order valence-electron chi connectivity index (χ0n) is 15.5. The summed E-state index contributed by atoms with van der Waals surface area (Å²) in [4.78, 5) is 29.5. The van der Waals surface area contributed by atoms with Gasteiger partial charge in [-0.05, 0) is 17.7 Å². The molecule has 3 rings (SSSR count). The molecule has 0 N–H and O–H groups in total. The van der Waals surface area contributed by atoms with Gasteiger partial charge in [0.25, 0.3) is 11.6 Å². The molecule has 28 heavy (non-hydrogen) atoms. The number of benzene rings is 2. The minimum Gasteiger partial charge on any atom is -0.496 e. The summed E-state index contributed by atoms with van der Waals surface area (Å²) in [6, 6.07) is 11.5. The summed E-state index contributed by atoms with van der Waals surface area (Å²) in [5, 5.41) is 11.4. The number of nitro benzene ring substituents is 1. The van der Waals surface area contributed by atoms with Crippen LogP contribution in [0.25, 0.3) is 0 Å². The second-order valence-electron chi connectivity index (χ2n) is 5.87. The number of ether oxygens (including phenoxy) is 2. The Hall–Kier alpha value is -3.07. The third-order valence-electron chi connectivity index (χ3n) is 4.20. The Kier molecular flexibility index (Phi) is 6.15. The molecule has 2 aromatic rings. The lowest BCUT2D eigenvalue weighted by Gasteiger charge is -2.20. The van der Waals surface area contributed by atoms with E-state index in [0.717, 1.165) is 5.56 Å². The zero-order chi connectivity index (χ0) is 20.1. The Morgan fingerprint density at radius 2 is 1.82 bits per heavy atom. The molecule has 8 nitrogen and oxygen atoms in total. The first-order chi connectivity index (χ1) is 13.5. The highest BCUT2D eigenvalue weighted by molar-refractivity contribution is 8.13. The predicted molar refractivity (Wildman–Crippen MR) is 107 cm³/mol. The lowest BCUT2D eigenvalue weighted by Crippen LogP contribution is -2.33. The molecule has 0 radical (unpaired) electrons. The van der Waals surface area contributed by atoms with Crippen molar-refractivity contribution in [3.63, 3.8) is 0 Å². The van der Waals surface area contributed by atoms with Gasteiger partial charge in [0.1, 0.15) is 17.1 Å². The van der Waals surface area contributed by atoms with Crippen LogP contribution < -0.4 is 9.47 Å². The van der Waals surface area contributed by atoms with E-state index >= 15 is 0 Å². The van der Waals surface area contributed by atoms with E-state index in [-0.39, 0.29) is 11.6 Å². The molecule has 9 heteroatoms. The molecule has 1 aliphatic heterocycles. The summed E-state index contributed by atoms with van der Waals surface area (Å²) in [5.74, 6) is 1.19. The van der Waals surface area contributed by atoms with E-state index in [0.29, 0.717) is 41.1 Å². The van der Waals surface area contributed by atoms with Gasteiger partial charge in [-0.15, -0.1) is 0 Å². The predicted octanol–water partition coefficient (Wildman–Crippen LogP) is 3.36. The van der Waals surface area contributed by atoms with Gasteiger partial charge in [0.05, 0.1) is 25.7 Å². The van der Waals surface area contributed by atoms with Gasteiger partial charge in [-0.2, -0.15) is 0 Å². The van der Waals surface area contributed by atoms with Crippen LogP contribution in [0.5, 0.6) is 11.5 Å². The highest BCUT2D eigenvalue weighted by Crippen LogP contribution is 2.31. The molecule has 0 atom stereocenters. The van der Waals surface area contributed by atoms with Gasteiger partial charge in [-0.25, -0.2) is 0 Å². The Morgan fingerprint density at radius 1 is 1.18 bits per heavy atom. The quantitative estimate of drug-likeness (QED) is 0.544. The number of non-ortho nitro benzene ring substituents is 1. The maximum atomic E-state index is 13.1. The SMILES string of the molecule is COc1cccc(OC)c1C(=O)N1CCN=C1SCc1ccc([N+](=O)[O-])cc1. The molecule has 1 aliphatic rings. The second-order valence-corrected chi connectivity index (χ2v) is 6.81. The van der Waals surface area contributed by atoms with E-state index in [1.807, 2.05) is 0 Å². The number of hydrogen-bond acceptors (Lipinski definition) is 7. The molecule has 1 amide bonds. The van der Waals surface area contributed by atoms with Crippen LogP contribution in [0.2, 0.25) is 0 Å². The molecular weight excluding hydrogens is 382 g/mol. The lowest BCUT2D eigenvalue weighted by molar-refractivity contribution is -0.384. The molecule has 1 heterocycles. The first-order valence-electron chi connectivity index (χ1n) is 8.48. The molecule has 0 unspecified atom stereocenters. The first-order valence-corrected chi connectivity index (χ1v) is 9.47. The van der Waals surface area contributed by atoms with Crippen LogP contribution >= 0.6 is 11.8 Å². The van der Waals surface area contributed by atoms with E-state index in [4.69, 9.17) is 9.47 Å². The van der Waals surface area contributed by atoms with Crippen molar-refractivity contribution < 1.29 is 19.2 Å². The number of carbonyl (C=O) groups is 1. The lowest BCUT2D eigenvalue weighted by atomic mass is 10.1. The van der Waals surface area contributed by atoms with Crippen molar-refractivity contribution in [1.29, 1.82) is 0 Å². The number of aliphatic imine (C=N–C) groups is 1. The van der Waals surface area contributed by atoms with Gasteiger partial charge in [-0.1, -0.05) is 30.0 Å². The first kappa shape index (κ1) is 19.7. The van der Waals surface area contributed by atoms with E-state index in [1.165, 1.54) is 38.1 Å². The smallest absolute Gasteiger partial charge is 0.269 e. The van der Waals surface area contributed by atoms with Crippen molar-refractivity contribution in [1.82, 2.24) is 4.90 Å². The van der Waals surface area contributed by atoms with Crippen LogP contribution in [0.1, 0.15) is 15.9 Å². The summed E-state index contributed by atoms with van der Waals surface area (Å²) in [6.45, 7) is 0.994. The van der Waals surface area contributed by atoms with E-state index in [1.54, 1.807) is 35.2 Å². The molecule has 0 saturated heterocycles. The fourth-order valence-corrected chi connectivity index (χ4v) is 3.80. The Labute approximate surface area is 166 Å². The van der Waals surface area contributed by atoms with Crippen molar-refractivity contribution in [2.24, 2.45) is 4.99 Å².